The number of aromatic amines is 1. The number of nitrogens with zero attached hydrogens (tertiary/aromatic N) is 1. The highest BCUT2D eigenvalue weighted by atomic mass is 19.1. The second-order valence-electron chi connectivity index (χ2n) is 6.33. The lowest BCUT2D eigenvalue weighted by Gasteiger charge is -2.41. The summed E-state index contributed by atoms with van der Waals surface area (Å²) < 4.78 is 14.4. The lowest BCUT2D eigenvalue weighted by atomic mass is 9.64. The molecule has 116 valence electrons. The first-order valence-electron chi connectivity index (χ1n) is 7.34. The van der Waals surface area contributed by atoms with Gasteiger partial charge in [-0.25, -0.2) is 4.39 Å². The van der Waals surface area contributed by atoms with Crippen LogP contribution >= 0.6 is 0 Å². The van der Waals surface area contributed by atoms with Crippen LogP contribution in [0.5, 0.6) is 0 Å². The molecule has 0 fully saturated rings. The van der Waals surface area contributed by atoms with Crippen molar-refractivity contribution in [3.05, 3.63) is 52.6 Å². The van der Waals surface area contributed by atoms with Gasteiger partial charge in [-0.3, -0.25) is 9.89 Å². The van der Waals surface area contributed by atoms with Gasteiger partial charge in [0.2, 0.25) is 0 Å². The van der Waals surface area contributed by atoms with Gasteiger partial charge in [-0.15, -0.1) is 0 Å². The molecule has 4 nitrogen and oxygen atoms in total. The number of aromatic nitrogens is 2. The Morgan fingerprint density at radius 3 is 2.77 bits per heavy atom. The number of benzene rings is 1. The first-order valence-corrected chi connectivity index (χ1v) is 7.34. The van der Waals surface area contributed by atoms with Crippen molar-refractivity contribution < 1.29 is 14.3 Å². The van der Waals surface area contributed by atoms with Crippen molar-refractivity contribution in [2.45, 2.75) is 38.7 Å². The number of ketones is 1. The number of rotatable bonds is 2. The number of fused-ring (bicyclic) bond motifs is 1. The normalized spacial score (nSPS) is 27.5. The molecule has 1 aliphatic carbocycles. The van der Waals surface area contributed by atoms with Gasteiger partial charge in [0.1, 0.15) is 11.6 Å². The Balaban J connectivity index is 2.28. The summed E-state index contributed by atoms with van der Waals surface area (Å²) in [6, 6.07) is 6.41. The summed E-state index contributed by atoms with van der Waals surface area (Å²) in [7, 11) is 0. The molecule has 1 aromatic carbocycles. The van der Waals surface area contributed by atoms with Gasteiger partial charge in [0, 0.05) is 23.6 Å². The molecule has 0 aliphatic heterocycles. The quantitative estimate of drug-likeness (QED) is 0.896. The van der Waals surface area contributed by atoms with Gasteiger partial charge in [-0.05, 0) is 32.4 Å². The number of hydrogen-bond donors (Lipinski definition) is 2. The number of carbonyl (C=O) groups excluding carboxylic acids is 1. The monoisotopic (exact) mass is 302 g/mol. The maximum absolute atomic E-state index is 14.4. The first-order chi connectivity index (χ1) is 10.3. The fourth-order valence-electron chi connectivity index (χ4n) is 3.75. The third-order valence-electron chi connectivity index (χ3n) is 4.59. The Hall–Kier alpha value is -2.01. The van der Waals surface area contributed by atoms with Gasteiger partial charge in [0.25, 0.3) is 0 Å². The van der Waals surface area contributed by atoms with E-state index < -0.39 is 17.4 Å². The SMILES string of the molecule is CC(=O)[C@H]1[C@H](c2ccccc2F)c2c(n[nH]c2C)C[C@@]1(C)O. The van der Waals surface area contributed by atoms with Crippen molar-refractivity contribution in [1.29, 1.82) is 0 Å². The first kappa shape index (κ1) is 14.9. The minimum Gasteiger partial charge on any atom is -0.389 e. The molecule has 0 bridgehead atoms. The van der Waals surface area contributed by atoms with Crippen molar-refractivity contribution in [2.75, 3.05) is 0 Å². The highest BCUT2D eigenvalue weighted by Gasteiger charge is 2.49. The predicted molar refractivity (Wildman–Crippen MR) is 80.1 cm³/mol. The van der Waals surface area contributed by atoms with E-state index in [4.69, 9.17) is 0 Å². The second-order valence-corrected chi connectivity index (χ2v) is 6.33. The molecule has 2 N–H and O–H groups in total. The summed E-state index contributed by atoms with van der Waals surface area (Å²) in [5.74, 6) is -1.75. The van der Waals surface area contributed by atoms with Crippen LogP contribution < -0.4 is 0 Å². The molecule has 0 spiro atoms. The maximum Gasteiger partial charge on any atom is 0.136 e. The van der Waals surface area contributed by atoms with Crippen molar-refractivity contribution in [2.24, 2.45) is 5.92 Å². The molecule has 0 saturated carbocycles. The van der Waals surface area contributed by atoms with E-state index in [1.165, 1.54) is 13.0 Å². The van der Waals surface area contributed by atoms with Crippen LogP contribution in [0, 0.1) is 18.7 Å². The number of hydrogen-bond acceptors (Lipinski definition) is 3. The Bertz CT molecular complexity index is 736. The molecule has 0 amide bonds. The molecule has 0 radical (unpaired) electrons. The van der Waals surface area contributed by atoms with Gasteiger partial charge in [0.05, 0.1) is 17.2 Å². The van der Waals surface area contributed by atoms with Crippen molar-refractivity contribution >= 4 is 5.78 Å². The third-order valence-corrected chi connectivity index (χ3v) is 4.59. The van der Waals surface area contributed by atoms with Gasteiger partial charge in [-0.1, -0.05) is 18.2 Å². The fourth-order valence-corrected chi connectivity index (χ4v) is 3.75. The minimum atomic E-state index is -1.26. The van der Waals surface area contributed by atoms with E-state index >= 15 is 0 Å². The molecule has 2 aromatic rings. The van der Waals surface area contributed by atoms with Crippen LogP contribution in [-0.2, 0) is 11.2 Å². The molecule has 1 heterocycles. The topological polar surface area (TPSA) is 66.0 Å². The number of carbonyl (C=O) groups is 1. The number of Topliss-reactive ketones (excluding diaryl/α,β-unsaturated/α-hetero) is 1. The molecule has 3 rings (SSSR count). The number of aryl methyl sites for hydroxylation is 1. The Morgan fingerprint density at radius 2 is 2.14 bits per heavy atom. The molecular formula is C17H19FN2O2. The average Bonchev–Trinajstić information content (AvgIpc) is 2.77. The smallest absolute Gasteiger partial charge is 0.136 e. The van der Waals surface area contributed by atoms with E-state index in [9.17, 15) is 14.3 Å². The summed E-state index contributed by atoms with van der Waals surface area (Å²) in [6.07, 6.45) is 0.280. The third kappa shape index (κ3) is 2.16. The summed E-state index contributed by atoms with van der Waals surface area (Å²) >= 11 is 0. The minimum absolute atomic E-state index is 0.149. The fraction of sp³-hybridized carbons (Fsp3) is 0.412. The molecule has 5 heteroatoms. The van der Waals surface area contributed by atoms with E-state index in [0.29, 0.717) is 11.3 Å². The number of nitrogens with one attached hydrogen (secondary N) is 1. The van der Waals surface area contributed by atoms with Gasteiger partial charge in [0.15, 0.2) is 0 Å². The van der Waals surface area contributed by atoms with Gasteiger partial charge < -0.3 is 5.11 Å². The highest BCUT2D eigenvalue weighted by Crippen LogP contribution is 2.47. The zero-order chi connectivity index (χ0) is 16.1. The van der Waals surface area contributed by atoms with Crippen LogP contribution in [0.25, 0.3) is 0 Å². The average molecular weight is 302 g/mol. The second kappa shape index (κ2) is 5.02. The predicted octanol–water partition coefficient (Wildman–Crippen LogP) is 2.50. The van der Waals surface area contributed by atoms with Crippen molar-refractivity contribution in [3.63, 3.8) is 0 Å². The van der Waals surface area contributed by atoms with Crippen LogP contribution in [0.15, 0.2) is 24.3 Å². The zero-order valence-corrected chi connectivity index (χ0v) is 12.9. The summed E-state index contributed by atoms with van der Waals surface area (Å²) in [5, 5.41) is 17.9. The van der Waals surface area contributed by atoms with Crippen LogP contribution in [0.4, 0.5) is 4.39 Å². The van der Waals surface area contributed by atoms with Crippen molar-refractivity contribution in [1.82, 2.24) is 10.2 Å². The zero-order valence-electron chi connectivity index (χ0n) is 12.9. The molecule has 1 aromatic heterocycles. The Kier molecular flexibility index (Phi) is 3.40. The van der Waals surface area contributed by atoms with E-state index in [1.807, 2.05) is 6.92 Å². The molecule has 22 heavy (non-hydrogen) atoms. The van der Waals surface area contributed by atoms with Gasteiger partial charge in [-0.2, -0.15) is 5.10 Å². The summed E-state index contributed by atoms with van der Waals surface area (Å²) in [4.78, 5) is 12.2. The molecule has 1 aliphatic rings. The van der Waals surface area contributed by atoms with E-state index in [-0.39, 0.29) is 18.0 Å². The lowest BCUT2D eigenvalue weighted by Crippen LogP contribution is -2.48. The number of H-pyrrole nitrogens is 1. The molecule has 0 saturated heterocycles. The number of aliphatic hydroxyl groups is 1. The standard InChI is InChI=1S/C17H19FN2O2/c1-9-14-13(20-19-9)8-17(3,22)16(10(2)21)15(14)11-6-4-5-7-12(11)18/h4-7,15-16,22H,8H2,1-3H3,(H,19,20)/t15-,16+,17-/m1/s1. The maximum atomic E-state index is 14.4. The lowest BCUT2D eigenvalue weighted by molar-refractivity contribution is -0.130. The van der Waals surface area contributed by atoms with Crippen LogP contribution in [0.3, 0.4) is 0 Å². The Labute approximate surface area is 128 Å². The largest absolute Gasteiger partial charge is 0.389 e. The summed E-state index contributed by atoms with van der Waals surface area (Å²) in [5.41, 5.74) is 1.51. The van der Waals surface area contributed by atoms with Crippen LogP contribution in [-0.4, -0.2) is 26.7 Å². The molecule has 3 atom stereocenters. The van der Waals surface area contributed by atoms with E-state index in [1.54, 1.807) is 25.1 Å². The van der Waals surface area contributed by atoms with Crippen LogP contribution in [0.1, 0.15) is 42.3 Å². The van der Waals surface area contributed by atoms with E-state index in [2.05, 4.69) is 10.2 Å². The van der Waals surface area contributed by atoms with E-state index in [0.717, 1.165) is 11.3 Å². The molecule has 0 unspecified atom stereocenters. The Morgan fingerprint density at radius 1 is 1.45 bits per heavy atom. The van der Waals surface area contributed by atoms with Gasteiger partial charge >= 0.3 is 0 Å². The molecular weight excluding hydrogens is 283 g/mol. The highest BCUT2D eigenvalue weighted by molar-refractivity contribution is 5.82. The summed E-state index contributed by atoms with van der Waals surface area (Å²) in [6.45, 7) is 4.93. The number of halogens is 1. The van der Waals surface area contributed by atoms with Crippen molar-refractivity contribution in [3.8, 4) is 0 Å². The van der Waals surface area contributed by atoms with Crippen LogP contribution in [0.2, 0.25) is 0 Å².